The summed E-state index contributed by atoms with van der Waals surface area (Å²) in [6, 6.07) is 0. The van der Waals surface area contributed by atoms with E-state index in [-0.39, 0.29) is 12.2 Å². The normalized spacial score (nSPS) is 37.5. The average molecular weight is 146 g/mol. The topological polar surface area (TPSA) is 49.7 Å². The van der Waals surface area contributed by atoms with Crippen LogP contribution < -0.4 is 0 Å². The highest BCUT2D eigenvalue weighted by Gasteiger charge is 2.23. The van der Waals surface area contributed by atoms with Crippen molar-refractivity contribution in [3.63, 3.8) is 0 Å². The van der Waals surface area contributed by atoms with Crippen LogP contribution in [0.15, 0.2) is 0 Å². The molecule has 0 saturated carbocycles. The maximum Gasteiger partial charge on any atom is 0.0855 e. The molecule has 0 amide bonds. The molecule has 3 nitrogen and oxygen atoms in total. The van der Waals surface area contributed by atoms with Crippen molar-refractivity contribution in [1.82, 2.24) is 0 Å². The Morgan fingerprint density at radius 3 is 2.70 bits per heavy atom. The molecule has 1 aliphatic heterocycles. The van der Waals surface area contributed by atoms with Gasteiger partial charge in [0.1, 0.15) is 0 Å². The summed E-state index contributed by atoms with van der Waals surface area (Å²) < 4.78 is 5.20. The minimum Gasteiger partial charge on any atom is -0.393 e. The van der Waals surface area contributed by atoms with Gasteiger partial charge in [0, 0.05) is 13.0 Å². The lowest BCUT2D eigenvalue weighted by Crippen LogP contribution is -2.36. The first-order valence-corrected chi connectivity index (χ1v) is 3.68. The van der Waals surface area contributed by atoms with E-state index < -0.39 is 6.10 Å². The molecule has 1 fully saturated rings. The van der Waals surface area contributed by atoms with Crippen molar-refractivity contribution in [3.8, 4) is 0 Å². The first-order valence-electron chi connectivity index (χ1n) is 3.68. The molecular formula is C7H14O3. The molecule has 1 heterocycles. The van der Waals surface area contributed by atoms with Crippen LogP contribution in [0.2, 0.25) is 0 Å². The first kappa shape index (κ1) is 7.98. The monoisotopic (exact) mass is 146 g/mol. The second kappa shape index (κ2) is 3.32. The fourth-order valence-electron chi connectivity index (χ4n) is 1.15. The minimum absolute atomic E-state index is 0.163. The van der Waals surface area contributed by atoms with E-state index >= 15 is 0 Å². The van der Waals surface area contributed by atoms with Gasteiger partial charge in [0.2, 0.25) is 0 Å². The quantitative estimate of drug-likeness (QED) is 0.543. The van der Waals surface area contributed by atoms with Crippen LogP contribution in [0, 0.1) is 0 Å². The molecule has 0 radical (unpaired) electrons. The van der Waals surface area contributed by atoms with Crippen molar-refractivity contribution in [3.05, 3.63) is 0 Å². The number of rotatable bonds is 1. The fraction of sp³-hybridized carbons (Fsp3) is 1.00. The van der Waals surface area contributed by atoms with Crippen LogP contribution in [0.3, 0.4) is 0 Å². The highest BCUT2D eigenvalue weighted by molar-refractivity contribution is 4.73. The molecular weight excluding hydrogens is 132 g/mol. The van der Waals surface area contributed by atoms with Gasteiger partial charge in [-0.05, 0) is 13.3 Å². The van der Waals surface area contributed by atoms with Gasteiger partial charge in [-0.15, -0.1) is 0 Å². The largest absolute Gasteiger partial charge is 0.393 e. The summed E-state index contributed by atoms with van der Waals surface area (Å²) >= 11 is 0. The lowest BCUT2D eigenvalue weighted by Gasteiger charge is -2.28. The zero-order valence-electron chi connectivity index (χ0n) is 6.16. The van der Waals surface area contributed by atoms with Crippen LogP contribution in [-0.4, -0.2) is 35.1 Å². The summed E-state index contributed by atoms with van der Waals surface area (Å²) in [5.74, 6) is 0. The molecule has 3 unspecified atom stereocenters. The van der Waals surface area contributed by atoms with Crippen molar-refractivity contribution in [2.75, 3.05) is 6.61 Å². The number of aliphatic hydroxyl groups excluding tert-OH is 2. The van der Waals surface area contributed by atoms with Gasteiger partial charge in [-0.2, -0.15) is 0 Å². The molecule has 3 atom stereocenters. The molecule has 1 rings (SSSR count). The van der Waals surface area contributed by atoms with Crippen LogP contribution in [0.1, 0.15) is 19.8 Å². The van der Waals surface area contributed by atoms with E-state index in [4.69, 9.17) is 14.9 Å². The molecule has 3 heteroatoms. The molecule has 1 saturated heterocycles. The van der Waals surface area contributed by atoms with Gasteiger partial charge in [-0.25, -0.2) is 0 Å². The number of hydrogen-bond acceptors (Lipinski definition) is 3. The van der Waals surface area contributed by atoms with E-state index in [1.807, 2.05) is 0 Å². The van der Waals surface area contributed by atoms with Crippen molar-refractivity contribution in [2.24, 2.45) is 0 Å². The SMILES string of the molecule is CC(O)C1CC(O)CCO1. The third-order valence-electron chi connectivity index (χ3n) is 1.83. The Hall–Kier alpha value is -0.120. The summed E-state index contributed by atoms with van der Waals surface area (Å²) in [5, 5.41) is 18.2. The molecule has 2 N–H and O–H groups in total. The lowest BCUT2D eigenvalue weighted by molar-refractivity contribution is -0.0914. The van der Waals surface area contributed by atoms with Crippen LogP contribution in [0.25, 0.3) is 0 Å². The Kier molecular flexibility index (Phi) is 2.65. The predicted molar refractivity (Wildman–Crippen MR) is 36.7 cm³/mol. The molecule has 0 aliphatic carbocycles. The lowest BCUT2D eigenvalue weighted by atomic mass is 10.0. The van der Waals surface area contributed by atoms with Crippen LogP contribution in [-0.2, 0) is 4.74 Å². The Morgan fingerprint density at radius 1 is 1.60 bits per heavy atom. The second-order valence-corrected chi connectivity index (χ2v) is 2.83. The standard InChI is InChI=1S/C7H14O3/c1-5(8)7-4-6(9)2-3-10-7/h5-9H,2-4H2,1H3. The molecule has 0 aromatic rings. The Labute approximate surface area is 60.6 Å². The van der Waals surface area contributed by atoms with E-state index in [1.165, 1.54) is 0 Å². The third kappa shape index (κ3) is 1.94. The van der Waals surface area contributed by atoms with Gasteiger partial charge in [0.15, 0.2) is 0 Å². The molecule has 60 valence electrons. The van der Waals surface area contributed by atoms with Crippen molar-refractivity contribution in [1.29, 1.82) is 0 Å². The number of hydrogen-bond donors (Lipinski definition) is 2. The molecule has 10 heavy (non-hydrogen) atoms. The van der Waals surface area contributed by atoms with Gasteiger partial charge in [-0.3, -0.25) is 0 Å². The maximum atomic E-state index is 9.14. The molecule has 1 aliphatic rings. The smallest absolute Gasteiger partial charge is 0.0855 e. The van der Waals surface area contributed by atoms with Crippen LogP contribution in [0.4, 0.5) is 0 Å². The van der Waals surface area contributed by atoms with E-state index in [0.717, 1.165) is 0 Å². The first-order chi connectivity index (χ1) is 4.70. The van der Waals surface area contributed by atoms with Crippen LogP contribution in [0.5, 0.6) is 0 Å². The Morgan fingerprint density at radius 2 is 2.30 bits per heavy atom. The highest BCUT2D eigenvalue weighted by atomic mass is 16.5. The van der Waals surface area contributed by atoms with E-state index in [9.17, 15) is 0 Å². The Balaban J connectivity index is 2.32. The van der Waals surface area contributed by atoms with E-state index in [1.54, 1.807) is 6.92 Å². The summed E-state index contributed by atoms with van der Waals surface area (Å²) in [6.45, 7) is 2.25. The summed E-state index contributed by atoms with van der Waals surface area (Å²) in [7, 11) is 0. The van der Waals surface area contributed by atoms with Crippen molar-refractivity contribution >= 4 is 0 Å². The fourth-order valence-corrected chi connectivity index (χ4v) is 1.15. The van der Waals surface area contributed by atoms with Gasteiger partial charge in [-0.1, -0.05) is 0 Å². The number of aliphatic hydroxyl groups is 2. The summed E-state index contributed by atoms with van der Waals surface area (Å²) in [6.07, 6.45) is 0.355. The molecule has 0 aromatic heterocycles. The average Bonchev–Trinajstić information content (AvgIpc) is 1.88. The highest BCUT2D eigenvalue weighted by Crippen LogP contribution is 2.15. The van der Waals surface area contributed by atoms with Crippen molar-refractivity contribution < 1.29 is 14.9 Å². The zero-order valence-corrected chi connectivity index (χ0v) is 6.16. The zero-order chi connectivity index (χ0) is 7.56. The predicted octanol–water partition coefficient (Wildman–Crippen LogP) is -0.0929. The van der Waals surface area contributed by atoms with E-state index in [0.29, 0.717) is 19.4 Å². The van der Waals surface area contributed by atoms with Crippen LogP contribution >= 0.6 is 0 Å². The molecule has 0 spiro atoms. The second-order valence-electron chi connectivity index (χ2n) is 2.83. The summed E-state index contributed by atoms with van der Waals surface area (Å²) in [5.41, 5.74) is 0. The van der Waals surface area contributed by atoms with Gasteiger partial charge in [0.25, 0.3) is 0 Å². The maximum absolute atomic E-state index is 9.14. The molecule has 0 aromatic carbocycles. The minimum atomic E-state index is -0.463. The molecule has 0 bridgehead atoms. The van der Waals surface area contributed by atoms with E-state index in [2.05, 4.69) is 0 Å². The summed E-state index contributed by atoms with van der Waals surface area (Å²) in [4.78, 5) is 0. The third-order valence-corrected chi connectivity index (χ3v) is 1.83. The van der Waals surface area contributed by atoms with Gasteiger partial charge >= 0.3 is 0 Å². The Bertz CT molecular complexity index is 103. The number of ether oxygens (including phenoxy) is 1. The van der Waals surface area contributed by atoms with Gasteiger partial charge in [0.05, 0.1) is 18.3 Å². The van der Waals surface area contributed by atoms with Gasteiger partial charge < -0.3 is 14.9 Å². The van der Waals surface area contributed by atoms with Crippen molar-refractivity contribution in [2.45, 2.75) is 38.1 Å².